The minimum atomic E-state index is -0.269. The van der Waals surface area contributed by atoms with Gasteiger partial charge in [-0.15, -0.1) is 0 Å². The Morgan fingerprint density at radius 3 is 2.35 bits per heavy atom. The molecule has 0 saturated heterocycles. The van der Waals surface area contributed by atoms with Gasteiger partial charge in [-0.25, -0.2) is 0 Å². The monoisotopic (exact) mass is 281 g/mol. The van der Waals surface area contributed by atoms with Crippen molar-refractivity contribution in [1.82, 2.24) is 15.0 Å². The van der Waals surface area contributed by atoms with Crippen LogP contribution in [0.25, 0.3) is 0 Å². The fourth-order valence-corrected chi connectivity index (χ4v) is 1.51. The second kappa shape index (κ2) is 8.13. The zero-order valence-electron chi connectivity index (χ0n) is 12.3. The molecule has 0 bridgehead atoms. The van der Waals surface area contributed by atoms with Gasteiger partial charge in [0.25, 0.3) is 0 Å². The van der Waals surface area contributed by atoms with Gasteiger partial charge < -0.3 is 21.3 Å². The highest BCUT2D eigenvalue weighted by atomic mass is 16.1. The Balaban J connectivity index is 2.57. The van der Waals surface area contributed by atoms with E-state index in [2.05, 4.69) is 25.6 Å². The van der Waals surface area contributed by atoms with Crippen molar-refractivity contribution in [3.8, 4) is 0 Å². The van der Waals surface area contributed by atoms with Crippen molar-refractivity contribution in [1.29, 1.82) is 0 Å². The standard InChI is InChI=1S/C12H23N7O/c1-4-14-10-16-11(18-12(17-10)19(2)3)15-8-6-5-7-9(13)20/h4-8H2,1-3H3,(H2,13,20)(H2,14,15,16,17,18). The Morgan fingerprint density at radius 1 is 1.15 bits per heavy atom. The number of nitrogens with zero attached hydrogens (tertiary/aromatic N) is 4. The molecule has 1 aromatic rings. The van der Waals surface area contributed by atoms with Crippen LogP contribution in [0.3, 0.4) is 0 Å². The highest BCUT2D eigenvalue weighted by Gasteiger charge is 2.07. The van der Waals surface area contributed by atoms with E-state index in [1.54, 1.807) is 0 Å². The Kier molecular flexibility index (Phi) is 6.48. The topological polar surface area (TPSA) is 109 Å². The molecule has 0 saturated carbocycles. The van der Waals surface area contributed by atoms with E-state index in [0.717, 1.165) is 19.4 Å². The van der Waals surface area contributed by atoms with Crippen LogP contribution < -0.4 is 21.3 Å². The fourth-order valence-electron chi connectivity index (χ4n) is 1.51. The van der Waals surface area contributed by atoms with Gasteiger partial charge in [-0.2, -0.15) is 15.0 Å². The first-order chi connectivity index (χ1) is 9.52. The lowest BCUT2D eigenvalue weighted by Gasteiger charge is -2.13. The largest absolute Gasteiger partial charge is 0.370 e. The fraction of sp³-hybridized carbons (Fsp3) is 0.667. The zero-order chi connectivity index (χ0) is 15.0. The summed E-state index contributed by atoms with van der Waals surface area (Å²) in [6.45, 7) is 3.42. The molecular weight excluding hydrogens is 258 g/mol. The molecule has 0 spiro atoms. The molecule has 0 unspecified atom stereocenters. The van der Waals surface area contributed by atoms with E-state index < -0.39 is 0 Å². The summed E-state index contributed by atoms with van der Waals surface area (Å²) >= 11 is 0. The molecule has 112 valence electrons. The van der Waals surface area contributed by atoms with Gasteiger partial charge in [-0.3, -0.25) is 4.79 Å². The second-order valence-electron chi connectivity index (χ2n) is 4.56. The molecule has 4 N–H and O–H groups in total. The minimum Gasteiger partial charge on any atom is -0.370 e. The molecule has 1 rings (SSSR count). The number of unbranched alkanes of at least 4 members (excludes halogenated alkanes) is 1. The molecule has 0 aliphatic rings. The number of primary amides is 1. The van der Waals surface area contributed by atoms with E-state index in [1.807, 2.05) is 25.9 Å². The molecule has 8 heteroatoms. The third-order valence-corrected chi connectivity index (χ3v) is 2.49. The van der Waals surface area contributed by atoms with Crippen molar-refractivity contribution in [3.05, 3.63) is 0 Å². The molecule has 0 aliphatic carbocycles. The maximum absolute atomic E-state index is 10.6. The first-order valence-corrected chi connectivity index (χ1v) is 6.72. The van der Waals surface area contributed by atoms with Crippen molar-refractivity contribution >= 4 is 23.8 Å². The molecule has 0 atom stereocenters. The summed E-state index contributed by atoms with van der Waals surface area (Å²) in [7, 11) is 3.75. The lowest BCUT2D eigenvalue weighted by molar-refractivity contribution is -0.118. The van der Waals surface area contributed by atoms with Crippen molar-refractivity contribution in [2.75, 3.05) is 42.7 Å². The maximum Gasteiger partial charge on any atom is 0.231 e. The zero-order valence-corrected chi connectivity index (χ0v) is 12.3. The normalized spacial score (nSPS) is 10.2. The molecule has 1 heterocycles. The van der Waals surface area contributed by atoms with E-state index in [-0.39, 0.29) is 5.91 Å². The highest BCUT2D eigenvalue weighted by molar-refractivity contribution is 5.73. The van der Waals surface area contributed by atoms with E-state index in [4.69, 9.17) is 5.73 Å². The van der Waals surface area contributed by atoms with Crippen LogP contribution in [0.4, 0.5) is 17.8 Å². The summed E-state index contributed by atoms with van der Waals surface area (Å²) in [4.78, 5) is 25.3. The summed E-state index contributed by atoms with van der Waals surface area (Å²) in [5.74, 6) is 1.40. The number of nitrogens with one attached hydrogen (secondary N) is 2. The lowest BCUT2D eigenvalue weighted by Crippen LogP contribution is -2.17. The molecule has 8 nitrogen and oxygen atoms in total. The van der Waals surface area contributed by atoms with E-state index in [9.17, 15) is 4.79 Å². The number of hydrogen-bond acceptors (Lipinski definition) is 7. The molecule has 0 radical (unpaired) electrons. The van der Waals surface area contributed by atoms with E-state index >= 15 is 0 Å². The Morgan fingerprint density at radius 2 is 1.80 bits per heavy atom. The van der Waals surface area contributed by atoms with Crippen LogP contribution in [0.1, 0.15) is 26.2 Å². The number of carbonyl (C=O) groups is 1. The van der Waals surface area contributed by atoms with Crippen molar-refractivity contribution in [2.24, 2.45) is 5.73 Å². The number of amides is 1. The van der Waals surface area contributed by atoms with E-state index in [1.165, 1.54) is 0 Å². The average molecular weight is 281 g/mol. The van der Waals surface area contributed by atoms with Gasteiger partial charge in [-0.1, -0.05) is 0 Å². The molecular formula is C12H23N7O. The van der Waals surface area contributed by atoms with Gasteiger partial charge in [-0.05, 0) is 19.8 Å². The molecule has 1 aromatic heterocycles. The third-order valence-electron chi connectivity index (χ3n) is 2.49. The van der Waals surface area contributed by atoms with Crippen LogP contribution in [-0.2, 0) is 4.79 Å². The molecule has 1 amide bonds. The van der Waals surface area contributed by atoms with Gasteiger partial charge in [0.2, 0.25) is 23.8 Å². The van der Waals surface area contributed by atoms with Gasteiger partial charge >= 0.3 is 0 Å². The molecule has 0 aromatic carbocycles. The first kappa shape index (κ1) is 15.9. The van der Waals surface area contributed by atoms with Crippen molar-refractivity contribution in [2.45, 2.75) is 26.2 Å². The van der Waals surface area contributed by atoms with Crippen LogP contribution in [0.2, 0.25) is 0 Å². The van der Waals surface area contributed by atoms with Gasteiger partial charge in [0, 0.05) is 33.6 Å². The number of hydrogen-bond donors (Lipinski definition) is 3. The summed E-state index contributed by atoms with van der Waals surface area (Å²) in [6.07, 6.45) is 2.00. The summed E-state index contributed by atoms with van der Waals surface area (Å²) in [5, 5.41) is 6.20. The first-order valence-electron chi connectivity index (χ1n) is 6.72. The highest BCUT2D eigenvalue weighted by Crippen LogP contribution is 2.11. The SMILES string of the molecule is CCNc1nc(NCCCCC(N)=O)nc(N(C)C)n1. The van der Waals surface area contributed by atoms with Crippen LogP contribution in [0.15, 0.2) is 0 Å². The summed E-state index contributed by atoms with van der Waals surface area (Å²) in [6, 6.07) is 0. The predicted molar refractivity (Wildman–Crippen MR) is 79.9 cm³/mol. The molecule has 0 aliphatic heterocycles. The lowest BCUT2D eigenvalue weighted by atomic mass is 10.2. The Hall–Kier alpha value is -2.12. The van der Waals surface area contributed by atoms with E-state index in [0.29, 0.717) is 30.8 Å². The number of nitrogens with two attached hydrogens (primary N) is 1. The van der Waals surface area contributed by atoms with Gasteiger partial charge in [0.1, 0.15) is 0 Å². The number of anilines is 3. The smallest absolute Gasteiger partial charge is 0.231 e. The van der Waals surface area contributed by atoms with Crippen LogP contribution >= 0.6 is 0 Å². The predicted octanol–water partition coefficient (Wildman–Crippen LogP) is 0.437. The van der Waals surface area contributed by atoms with Gasteiger partial charge in [0.15, 0.2) is 0 Å². The van der Waals surface area contributed by atoms with Gasteiger partial charge in [0.05, 0.1) is 0 Å². The number of carbonyl (C=O) groups excluding carboxylic acids is 1. The Labute approximate surface area is 119 Å². The second-order valence-corrected chi connectivity index (χ2v) is 4.56. The summed E-state index contributed by atoms with van der Waals surface area (Å²) < 4.78 is 0. The van der Waals surface area contributed by atoms with Crippen molar-refractivity contribution in [3.63, 3.8) is 0 Å². The third kappa shape index (κ3) is 5.68. The van der Waals surface area contributed by atoms with Crippen LogP contribution in [0.5, 0.6) is 0 Å². The quantitative estimate of drug-likeness (QED) is 0.563. The molecule has 20 heavy (non-hydrogen) atoms. The Bertz CT molecular complexity index is 436. The average Bonchev–Trinajstić information content (AvgIpc) is 2.38. The number of aromatic nitrogens is 3. The number of rotatable bonds is 9. The summed E-state index contributed by atoms with van der Waals surface area (Å²) in [5.41, 5.74) is 5.09. The maximum atomic E-state index is 10.6. The van der Waals surface area contributed by atoms with Crippen LogP contribution in [0, 0.1) is 0 Å². The molecule has 0 fully saturated rings. The van der Waals surface area contributed by atoms with Crippen LogP contribution in [-0.4, -0.2) is 48.0 Å². The van der Waals surface area contributed by atoms with Crippen molar-refractivity contribution < 1.29 is 4.79 Å². The minimum absolute atomic E-state index is 0.269.